The van der Waals surface area contributed by atoms with Gasteiger partial charge >= 0.3 is 0 Å². The fraction of sp³-hybridized carbons (Fsp3) is 0.588. The highest BCUT2D eigenvalue weighted by Gasteiger charge is 2.23. The van der Waals surface area contributed by atoms with Crippen LogP contribution in [0.2, 0.25) is 0 Å². The summed E-state index contributed by atoms with van der Waals surface area (Å²) in [6.07, 6.45) is 4.46. The molecule has 0 saturated carbocycles. The largest absolute Gasteiger partial charge is 0.488 e. The van der Waals surface area contributed by atoms with Crippen LogP contribution in [0.15, 0.2) is 29.3 Å². The second kappa shape index (κ2) is 7.49. The van der Waals surface area contributed by atoms with Gasteiger partial charge < -0.3 is 20.7 Å². The molecule has 1 aromatic rings. The number of fused-ring (bicyclic) bond motifs is 1. The number of para-hydroxylation sites is 1. The van der Waals surface area contributed by atoms with E-state index in [4.69, 9.17) is 10.5 Å². The molecule has 0 fully saturated rings. The smallest absolute Gasteiger partial charge is 0.194 e. The number of nitrogens with one attached hydrogen (secondary N) is 1. The molecule has 2 aliphatic heterocycles. The highest BCUT2D eigenvalue weighted by atomic mass is 16.5. The zero-order valence-electron chi connectivity index (χ0n) is 13.1. The summed E-state index contributed by atoms with van der Waals surface area (Å²) in [6, 6.07) is 8.35. The van der Waals surface area contributed by atoms with E-state index in [9.17, 15) is 0 Å². The summed E-state index contributed by atoms with van der Waals surface area (Å²) in [5.74, 6) is 2.05. The quantitative estimate of drug-likeness (QED) is 0.862. The van der Waals surface area contributed by atoms with Crippen molar-refractivity contribution < 1.29 is 4.74 Å². The fourth-order valence-corrected chi connectivity index (χ4v) is 3.05. The summed E-state index contributed by atoms with van der Waals surface area (Å²) >= 11 is 0. The van der Waals surface area contributed by atoms with Gasteiger partial charge in [-0.2, -0.15) is 0 Å². The first-order chi connectivity index (χ1) is 10.9. The molecule has 0 bridgehead atoms. The zero-order valence-corrected chi connectivity index (χ0v) is 13.1. The van der Waals surface area contributed by atoms with E-state index in [1.807, 2.05) is 6.07 Å². The molecule has 22 heavy (non-hydrogen) atoms. The first-order valence-corrected chi connectivity index (χ1v) is 8.34. The van der Waals surface area contributed by atoms with Gasteiger partial charge in [0.15, 0.2) is 5.96 Å². The average Bonchev–Trinajstić information content (AvgIpc) is 2.59. The van der Waals surface area contributed by atoms with E-state index in [1.54, 1.807) is 0 Å². The van der Waals surface area contributed by atoms with Crippen molar-refractivity contribution in [3.63, 3.8) is 0 Å². The van der Waals surface area contributed by atoms with Crippen molar-refractivity contribution in [2.75, 3.05) is 32.7 Å². The summed E-state index contributed by atoms with van der Waals surface area (Å²) in [5, 5.41) is 3.42. The molecule has 0 radical (unpaired) electrons. The van der Waals surface area contributed by atoms with Gasteiger partial charge in [0, 0.05) is 19.6 Å². The normalized spacial score (nSPS) is 20.4. The number of nitrogens with two attached hydrogens (primary N) is 1. The lowest BCUT2D eigenvalue weighted by atomic mass is 10.0. The van der Waals surface area contributed by atoms with E-state index in [2.05, 4.69) is 33.4 Å². The van der Waals surface area contributed by atoms with Crippen LogP contribution in [0.25, 0.3) is 0 Å². The number of benzene rings is 1. The van der Waals surface area contributed by atoms with E-state index in [0.717, 1.165) is 63.6 Å². The SMILES string of the molecule is NCCCN(CC1CCc2ccccc2O1)C1=NCCCN1. The van der Waals surface area contributed by atoms with E-state index in [1.165, 1.54) is 5.56 Å². The predicted molar refractivity (Wildman–Crippen MR) is 89.3 cm³/mol. The number of hydrogen-bond acceptors (Lipinski definition) is 5. The molecule has 2 heterocycles. The number of aliphatic imine (C=N–C) groups is 1. The lowest BCUT2D eigenvalue weighted by molar-refractivity contribution is 0.140. The Morgan fingerprint density at radius 3 is 3.09 bits per heavy atom. The monoisotopic (exact) mass is 302 g/mol. The molecule has 2 aliphatic rings. The number of hydrogen-bond donors (Lipinski definition) is 2. The van der Waals surface area contributed by atoms with Gasteiger partial charge in [-0.05, 0) is 43.9 Å². The second-order valence-electron chi connectivity index (χ2n) is 5.96. The van der Waals surface area contributed by atoms with Crippen molar-refractivity contribution in [2.45, 2.75) is 31.8 Å². The lowest BCUT2D eigenvalue weighted by Crippen LogP contribution is -2.49. The minimum atomic E-state index is 0.221. The first kappa shape index (κ1) is 15.2. The Labute approximate surface area is 132 Å². The van der Waals surface area contributed by atoms with Gasteiger partial charge in [-0.1, -0.05) is 18.2 Å². The van der Waals surface area contributed by atoms with Gasteiger partial charge in [0.2, 0.25) is 0 Å². The van der Waals surface area contributed by atoms with Crippen LogP contribution < -0.4 is 15.8 Å². The van der Waals surface area contributed by atoms with Crippen LogP contribution in [0, 0.1) is 0 Å². The summed E-state index contributed by atoms with van der Waals surface area (Å²) in [5.41, 5.74) is 7.00. The summed E-state index contributed by atoms with van der Waals surface area (Å²) in [6.45, 7) is 4.43. The van der Waals surface area contributed by atoms with Gasteiger partial charge in [0.05, 0.1) is 6.54 Å². The highest BCUT2D eigenvalue weighted by Crippen LogP contribution is 2.27. The lowest BCUT2D eigenvalue weighted by Gasteiger charge is -2.34. The minimum absolute atomic E-state index is 0.221. The molecule has 0 aromatic heterocycles. The van der Waals surface area contributed by atoms with Crippen LogP contribution in [0.5, 0.6) is 5.75 Å². The Kier molecular flexibility index (Phi) is 5.16. The molecule has 0 amide bonds. The highest BCUT2D eigenvalue weighted by molar-refractivity contribution is 5.80. The van der Waals surface area contributed by atoms with Crippen molar-refractivity contribution in [1.82, 2.24) is 10.2 Å². The van der Waals surface area contributed by atoms with Crippen LogP contribution in [0.3, 0.4) is 0 Å². The number of guanidine groups is 1. The number of aryl methyl sites for hydroxylation is 1. The van der Waals surface area contributed by atoms with E-state index >= 15 is 0 Å². The molecular weight excluding hydrogens is 276 g/mol. The molecule has 3 N–H and O–H groups in total. The van der Waals surface area contributed by atoms with Gasteiger partial charge in [-0.15, -0.1) is 0 Å². The molecule has 5 heteroatoms. The van der Waals surface area contributed by atoms with Crippen LogP contribution in [-0.4, -0.2) is 49.7 Å². The van der Waals surface area contributed by atoms with Crippen LogP contribution in [0.4, 0.5) is 0 Å². The van der Waals surface area contributed by atoms with Crippen LogP contribution >= 0.6 is 0 Å². The molecule has 5 nitrogen and oxygen atoms in total. The molecule has 3 rings (SSSR count). The molecule has 0 saturated heterocycles. The summed E-state index contributed by atoms with van der Waals surface area (Å²) < 4.78 is 6.18. The minimum Gasteiger partial charge on any atom is -0.488 e. The summed E-state index contributed by atoms with van der Waals surface area (Å²) in [4.78, 5) is 6.94. The maximum absolute atomic E-state index is 6.18. The Morgan fingerprint density at radius 2 is 2.27 bits per heavy atom. The third-order valence-electron chi connectivity index (χ3n) is 4.24. The number of rotatable bonds is 5. The standard InChI is InChI=1S/C17H26N4O/c18-9-3-12-21(17-19-10-4-11-20-17)13-15-8-7-14-5-1-2-6-16(14)22-15/h1-2,5-6,15H,3-4,7-13,18H2,(H,19,20). The maximum atomic E-state index is 6.18. The molecule has 0 spiro atoms. The first-order valence-electron chi connectivity index (χ1n) is 8.34. The molecule has 1 unspecified atom stereocenters. The van der Waals surface area contributed by atoms with Crippen molar-refractivity contribution in [3.05, 3.63) is 29.8 Å². The predicted octanol–water partition coefficient (Wildman–Crippen LogP) is 1.38. The van der Waals surface area contributed by atoms with Crippen molar-refractivity contribution in [2.24, 2.45) is 10.7 Å². The second-order valence-corrected chi connectivity index (χ2v) is 5.96. The van der Waals surface area contributed by atoms with E-state index in [0.29, 0.717) is 6.54 Å². The molecule has 120 valence electrons. The molecular formula is C17H26N4O. The number of ether oxygens (including phenoxy) is 1. The van der Waals surface area contributed by atoms with Gasteiger partial charge in [-0.3, -0.25) is 4.99 Å². The maximum Gasteiger partial charge on any atom is 0.194 e. The van der Waals surface area contributed by atoms with Gasteiger partial charge in [0.1, 0.15) is 11.9 Å². The van der Waals surface area contributed by atoms with E-state index < -0.39 is 0 Å². The fourth-order valence-electron chi connectivity index (χ4n) is 3.05. The topological polar surface area (TPSA) is 62.9 Å². The van der Waals surface area contributed by atoms with Gasteiger partial charge in [0.25, 0.3) is 0 Å². The van der Waals surface area contributed by atoms with Crippen molar-refractivity contribution in [1.29, 1.82) is 0 Å². The number of nitrogens with zero attached hydrogens (tertiary/aromatic N) is 2. The Balaban J connectivity index is 1.64. The molecule has 1 atom stereocenters. The Morgan fingerprint density at radius 1 is 1.36 bits per heavy atom. The van der Waals surface area contributed by atoms with E-state index in [-0.39, 0.29) is 6.10 Å². The third-order valence-corrected chi connectivity index (χ3v) is 4.24. The third kappa shape index (κ3) is 3.71. The summed E-state index contributed by atoms with van der Waals surface area (Å²) in [7, 11) is 0. The van der Waals surface area contributed by atoms with Crippen molar-refractivity contribution in [3.8, 4) is 5.75 Å². The van der Waals surface area contributed by atoms with Crippen LogP contribution in [-0.2, 0) is 6.42 Å². The Bertz CT molecular complexity index is 517. The van der Waals surface area contributed by atoms with Crippen LogP contribution in [0.1, 0.15) is 24.8 Å². The Hall–Kier alpha value is -1.75. The van der Waals surface area contributed by atoms with Crippen molar-refractivity contribution >= 4 is 5.96 Å². The molecule has 1 aromatic carbocycles. The molecule has 0 aliphatic carbocycles. The zero-order chi connectivity index (χ0) is 15.2. The van der Waals surface area contributed by atoms with Gasteiger partial charge in [-0.25, -0.2) is 0 Å². The average molecular weight is 302 g/mol.